The zero-order valence-electron chi connectivity index (χ0n) is 19.3. The monoisotopic (exact) mass is 540 g/mol. The summed E-state index contributed by atoms with van der Waals surface area (Å²) >= 11 is 8.53. The number of carbonyl (C=O) groups is 1. The average molecular weight is 541 g/mol. The highest BCUT2D eigenvalue weighted by Crippen LogP contribution is 2.33. The lowest BCUT2D eigenvalue weighted by Crippen LogP contribution is -2.46. The molecule has 1 aliphatic heterocycles. The molecule has 1 fully saturated rings. The summed E-state index contributed by atoms with van der Waals surface area (Å²) in [5.74, 6) is -0.204. The Hall–Kier alpha value is -1.56. The van der Waals surface area contributed by atoms with Crippen LogP contribution in [0.5, 0.6) is 0 Å². The molecule has 3 heterocycles. The Kier molecular flexibility index (Phi) is 8.27. The van der Waals surface area contributed by atoms with Gasteiger partial charge in [-0.1, -0.05) is 48.9 Å². The first kappa shape index (κ1) is 25.5. The lowest BCUT2D eigenvalue weighted by Gasteiger charge is -2.33. The van der Waals surface area contributed by atoms with Crippen LogP contribution in [0, 0.1) is 5.92 Å². The van der Waals surface area contributed by atoms with E-state index in [0.717, 1.165) is 41.2 Å². The van der Waals surface area contributed by atoms with Gasteiger partial charge in [0.15, 0.2) is 5.13 Å². The maximum absolute atomic E-state index is 13.7. The zero-order chi connectivity index (χ0) is 24.3. The molecule has 1 aromatic carbocycles. The van der Waals surface area contributed by atoms with Crippen molar-refractivity contribution in [1.82, 2.24) is 14.2 Å². The first-order valence-electron chi connectivity index (χ1n) is 11.5. The molecule has 0 N–H and O–H groups in total. The first-order chi connectivity index (χ1) is 16.3. The van der Waals surface area contributed by atoms with E-state index in [4.69, 9.17) is 16.6 Å². The summed E-state index contributed by atoms with van der Waals surface area (Å²) < 4.78 is 29.1. The van der Waals surface area contributed by atoms with Crippen LogP contribution in [-0.2, 0) is 14.8 Å². The Balaban J connectivity index is 1.50. The van der Waals surface area contributed by atoms with Gasteiger partial charge < -0.3 is 4.90 Å². The quantitative estimate of drug-likeness (QED) is 0.390. The van der Waals surface area contributed by atoms with Crippen molar-refractivity contribution in [2.45, 2.75) is 30.9 Å². The van der Waals surface area contributed by atoms with Crippen molar-refractivity contribution in [3.05, 3.63) is 40.7 Å². The molecule has 4 rings (SSSR count). The molecular weight excluding hydrogens is 512 g/mol. The summed E-state index contributed by atoms with van der Waals surface area (Å²) in [5.41, 5.74) is 0.888. The van der Waals surface area contributed by atoms with Gasteiger partial charge in [0.25, 0.3) is 10.0 Å². The molecule has 2 aromatic heterocycles. The number of carbonyl (C=O) groups excluding carboxylic acids is 1. The maximum atomic E-state index is 13.7. The molecule has 1 amide bonds. The minimum Gasteiger partial charge on any atom is -0.302 e. The summed E-state index contributed by atoms with van der Waals surface area (Å²) in [6.45, 7) is 8.03. The van der Waals surface area contributed by atoms with Gasteiger partial charge in [0.1, 0.15) is 4.21 Å². The fraction of sp³-hybridized carbons (Fsp3) is 0.478. The van der Waals surface area contributed by atoms with Crippen LogP contribution in [0.3, 0.4) is 0 Å². The number of fused-ring (bicyclic) bond motifs is 1. The SMILES string of the molecule is CCN(CC)CCN(C(=O)C1CCN(S(=O)(=O)c2ccc(Cl)s2)CC1)c1nc2ccccc2s1. The molecule has 184 valence electrons. The molecule has 0 unspecified atom stereocenters. The van der Waals surface area contributed by atoms with Gasteiger partial charge in [-0.3, -0.25) is 9.69 Å². The minimum absolute atomic E-state index is 0.0300. The third-order valence-electron chi connectivity index (χ3n) is 6.26. The molecule has 3 aromatic rings. The molecule has 0 bridgehead atoms. The van der Waals surface area contributed by atoms with Crippen LogP contribution in [0.2, 0.25) is 4.34 Å². The van der Waals surface area contributed by atoms with Crippen LogP contribution in [-0.4, -0.2) is 67.8 Å². The van der Waals surface area contributed by atoms with Crippen molar-refractivity contribution in [1.29, 1.82) is 0 Å². The number of thiophene rings is 1. The van der Waals surface area contributed by atoms with Crippen molar-refractivity contribution in [3.63, 3.8) is 0 Å². The largest absolute Gasteiger partial charge is 0.302 e. The number of hydrogen-bond donors (Lipinski definition) is 0. The molecule has 7 nitrogen and oxygen atoms in total. The number of rotatable bonds is 9. The maximum Gasteiger partial charge on any atom is 0.252 e. The molecule has 11 heteroatoms. The normalized spacial score (nSPS) is 15.9. The number of piperidine rings is 1. The number of aromatic nitrogens is 1. The molecule has 0 atom stereocenters. The fourth-order valence-electron chi connectivity index (χ4n) is 4.18. The zero-order valence-corrected chi connectivity index (χ0v) is 22.5. The third-order valence-corrected chi connectivity index (χ3v) is 10.9. The van der Waals surface area contributed by atoms with Crippen molar-refractivity contribution in [2.24, 2.45) is 5.92 Å². The number of anilines is 1. The number of hydrogen-bond acceptors (Lipinski definition) is 7. The predicted octanol–water partition coefficient (Wildman–Crippen LogP) is 4.79. The van der Waals surface area contributed by atoms with Crippen LogP contribution < -0.4 is 4.90 Å². The van der Waals surface area contributed by atoms with Gasteiger partial charge in [0.05, 0.1) is 14.6 Å². The van der Waals surface area contributed by atoms with Gasteiger partial charge in [-0.15, -0.1) is 11.3 Å². The fourth-order valence-corrected chi connectivity index (χ4v) is 8.29. The Morgan fingerprint density at radius 3 is 2.41 bits per heavy atom. The highest BCUT2D eigenvalue weighted by Gasteiger charge is 2.35. The van der Waals surface area contributed by atoms with Gasteiger partial charge in [0, 0.05) is 32.1 Å². The van der Waals surface area contributed by atoms with Gasteiger partial charge >= 0.3 is 0 Å². The van der Waals surface area contributed by atoms with Gasteiger partial charge in [0.2, 0.25) is 5.91 Å². The topological polar surface area (TPSA) is 73.8 Å². The molecule has 0 aliphatic carbocycles. The molecule has 0 saturated carbocycles. The molecule has 0 spiro atoms. The third kappa shape index (κ3) is 5.47. The standard InChI is InChI=1S/C23H29ClN4O3S3/c1-3-26(4-2)15-16-28(23-25-18-7-5-6-8-19(18)32-23)22(29)17-11-13-27(14-12-17)34(30,31)21-10-9-20(24)33-21/h5-10,17H,3-4,11-16H2,1-2H3. The Labute approximate surface area is 214 Å². The second kappa shape index (κ2) is 11.0. The molecule has 0 radical (unpaired) electrons. The van der Waals surface area contributed by atoms with Gasteiger partial charge in [-0.05, 0) is 50.2 Å². The summed E-state index contributed by atoms with van der Waals surface area (Å²) in [5, 5.41) is 0.710. The smallest absolute Gasteiger partial charge is 0.252 e. The highest BCUT2D eigenvalue weighted by atomic mass is 35.5. The van der Waals surface area contributed by atoms with E-state index in [-0.39, 0.29) is 16.0 Å². The van der Waals surface area contributed by atoms with E-state index in [1.165, 1.54) is 15.6 Å². The Morgan fingerprint density at radius 1 is 1.09 bits per heavy atom. The summed E-state index contributed by atoms with van der Waals surface area (Å²) in [6, 6.07) is 11.0. The van der Waals surface area contributed by atoms with Crippen LogP contribution in [0.15, 0.2) is 40.6 Å². The van der Waals surface area contributed by atoms with E-state index in [2.05, 4.69) is 18.7 Å². The lowest BCUT2D eigenvalue weighted by atomic mass is 9.96. The van der Waals surface area contributed by atoms with Crippen LogP contribution in [0.25, 0.3) is 10.2 Å². The first-order valence-corrected chi connectivity index (χ1v) is 14.9. The van der Waals surface area contributed by atoms with Crippen molar-refractivity contribution in [3.8, 4) is 0 Å². The second-order valence-corrected chi connectivity index (χ2v) is 13.1. The number of amides is 1. The van der Waals surface area contributed by atoms with E-state index < -0.39 is 10.0 Å². The van der Waals surface area contributed by atoms with E-state index >= 15 is 0 Å². The summed E-state index contributed by atoms with van der Waals surface area (Å²) in [6.07, 6.45) is 0.980. The van der Waals surface area contributed by atoms with E-state index in [1.54, 1.807) is 12.1 Å². The van der Waals surface area contributed by atoms with E-state index in [9.17, 15) is 13.2 Å². The van der Waals surface area contributed by atoms with Crippen molar-refractivity contribution < 1.29 is 13.2 Å². The Morgan fingerprint density at radius 2 is 1.79 bits per heavy atom. The van der Waals surface area contributed by atoms with E-state index in [1.807, 2.05) is 29.2 Å². The summed E-state index contributed by atoms with van der Waals surface area (Å²) in [7, 11) is -3.58. The number of likely N-dealkylation sites (N-methyl/N-ethyl adjacent to an activating group) is 1. The number of para-hydroxylation sites is 1. The number of thiazole rings is 1. The van der Waals surface area contributed by atoms with Gasteiger partial charge in [-0.25, -0.2) is 13.4 Å². The van der Waals surface area contributed by atoms with Crippen molar-refractivity contribution >= 4 is 65.6 Å². The van der Waals surface area contributed by atoms with Gasteiger partial charge in [-0.2, -0.15) is 4.31 Å². The van der Waals surface area contributed by atoms with Crippen LogP contribution in [0.4, 0.5) is 5.13 Å². The Bertz CT molecular complexity index is 1200. The number of halogens is 1. The number of sulfonamides is 1. The molecule has 34 heavy (non-hydrogen) atoms. The molecular formula is C23H29ClN4O3S3. The highest BCUT2D eigenvalue weighted by molar-refractivity contribution is 7.91. The van der Waals surface area contributed by atoms with Crippen molar-refractivity contribution in [2.75, 3.05) is 44.2 Å². The second-order valence-electron chi connectivity index (χ2n) is 8.22. The lowest BCUT2D eigenvalue weighted by molar-refractivity contribution is -0.123. The van der Waals surface area contributed by atoms with Crippen LogP contribution >= 0.6 is 34.3 Å². The minimum atomic E-state index is -3.58. The number of nitrogens with zero attached hydrogens (tertiary/aromatic N) is 4. The average Bonchev–Trinajstić information content (AvgIpc) is 3.48. The number of benzene rings is 1. The molecule has 1 aliphatic rings. The summed E-state index contributed by atoms with van der Waals surface area (Å²) in [4.78, 5) is 22.5. The van der Waals surface area contributed by atoms with E-state index in [0.29, 0.717) is 41.9 Å². The van der Waals surface area contributed by atoms with Crippen LogP contribution in [0.1, 0.15) is 26.7 Å². The predicted molar refractivity (Wildman–Crippen MR) is 141 cm³/mol. The molecule has 1 saturated heterocycles.